The topological polar surface area (TPSA) is 20.2 Å². The molecule has 0 bridgehead atoms. The number of aliphatic hydroxyl groups excluding tert-OH is 1. The molecule has 1 fully saturated rings. The minimum Gasteiger partial charge on any atom is -0.388 e. The number of hydrogen-bond donors (Lipinski definition) is 1. The first-order valence-electron chi connectivity index (χ1n) is 6.98. The highest BCUT2D eigenvalue weighted by molar-refractivity contribution is 5.17. The summed E-state index contributed by atoms with van der Waals surface area (Å²) in [5.41, 5.74) is 1.07. The molecule has 3 atom stereocenters. The summed E-state index contributed by atoms with van der Waals surface area (Å²) < 4.78 is 0. The number of aliphatic hydroxyl groups is 1. The zero-order valence-electron chi connectivity index (χ0n) is 10.8. The average Bonchev–Trinajstić information content (AvgIpc) is 2.37. The monoisotopic (exact) mass is 232 g/mol. The van der Waals surface area contributed by atoms with Gasteiger partial charge in [0.1, 0.15) is 0 Å². The molecule has 94 valence electrons. The van der Waals surface area contributed by atoms with Gasteiger partial charge in [0.25, 0.3) is 0 Å². The second-order valence-corrected chi connectivity index (χ2v) is 5.64. The lowest BCUT2D eigenvalue weighted by atomic mass is 9.79. The van der Waals surface area contributed by atoms with Crippen LogP contribution in [0.1, 0.15) is 57.1 Å². The Morgan fingerprint density at radius 1 is 1.24 bits per heavy atom. The van der Waals surface area contributed by atoms with Crippen molar-refractivity contribution in [1.82, 2.24) is 0 Å². The fourth-order valence-corrected chi connectivity index (χ4v) is 3.06. The third-order valence-corrected chi connectivity index (χ3v) is 4.08. The molecule has 1 nitrogen and oxygen atoms in total. The van der Waals surface area contributed by atoms with Crippen LogP contribution in [-0.2, 0) is 0 Å². The van der Waals surface area contributed by atoms with E-state index in [0.29, 0.717) is 0 Å². The fourth-order valence-electron chi connectivity index (χ4n) is 3.06. The van der Waals surface area contributed by atoms with Crippen LogP contribution in [0.15, 0.2) is 30.3 Å². The molecule has 1 saturated carbocycles. The van der Waals surface area contributed by atoms with Crippen molar-refractivity contribution in [3.8, 4) is 0 Å². The Hall–Kier alpha value is -0.820. The zero-order chi connectivity index (χ0) is 12.1. The smallest absolute Gasteiger partial charge is 0.0790 e. The largest absolute Gasteiger partial charge is 0.388 e. The first-order valence-corrected chi connectivity index (χ1v) is 6.98. The quantitative estimate of drug-likeness (QED) is 0.819. The maximum Gasteiger partial charge on any atom is 0.0790 e. The van der Waals surface area contributed by atoms with Crippen LogP contribution in [0.25, 0.3) is 0 Å². The van der Waals surface area contributed by atoms with E-state index < -0.39 is 0 Å². The van der Waals surface area contributed by atoms with Gasteiger partial charge in [0.05, 0.1) is 6.10 Å². The minimum absolute atomic E-state index is 0.270. The molecule has 3 unspecified atom stereocenters. The molecular formula is C16H24O. The molecule has 0 radical (unpaired) electrons. The van der Waals surface area contributed by atoms with Crippen LogP contribution < -0.4 is 0 Å². The average molecular weight is 232 g/mol. The van der Waals surface area contributed by atoms with Crippen molar-refractivity contribution in [3.05, 3.63) is 35.9 Å². The Kier molecular flexibility index (Phi) is 4.61. The molecule has 1 aromatic carbocycles. The molecule has 1 aliphatic carbocycles. The first-order chi connectivity index (χ1) is 8.25. The molecule has 17 heavy (non-hydrogen) atoms. The molecule has 0 saturated heterocycles. The van der Waals surface area contributed by atoms with E-state index in [9.17, 15) is 5.11 Å². The van der Waals surface area contributed by atoms with Crippen molar-refractivity contribution in [3.63, 3.8) is 0 Å². The van der Waals surface area contributed by atoms with Gasteiger partial charge in [-0.1, -0.05) is 56.5 Å². The van der Waals surface area contributed by atoms with Gasteiger partial charge in [-0.3, -0.25) is 0 Å². The van der Waals surface area contributed by atoms with Crippen LogP contribution in [0.2, 0.25) is 0 Å². The van der Waals surface area contributed by atoms with Gasteiger partial charge in [0, 0.05) is 0 Å². The zero-order valence-corrected chi connectivity index (χ0v) is 10.8. The van der Waals surface area contributed by atoms with E-state index >= 15 is 0 Å². The Morgan fingerprint density at radius 2 is 2.00 bits per heavy atom. The molecule has 0 spiro atoms. The summed E-state index contributed by atoms with van der Waals surface area (Å²) >= 11 is 0. The van der Waals surface area contributed by atoms with Gasteiger partial charge in [-0.15, -0.1) is 0 Å². The van der Waals surface area contributed by atoms with E-state index in [1.54, 1.807) is 0 Å². The molecule has 1 aliphatic rings. The van der Waals surface area contributed by atoms with Crippen LogP contribution >= 0.6 is 0 Å². The highest BCUT2D eigenvalue weighted by Crippen LogP contribution is 2.33. The predicted molar refractivity (Wildman–Crippen MR) is 71.8 cm³/mol. The molecule has 0 aliphatic heterocycles. The molecule has 1 aromatic rings. The van der Waals surface area contributed by atoms with Gasteiger partial charge >= 0.3 is 0 Å². The van der Waals surface area contributed by atoms with Gasteiger partial charge in [-0.25, -0.2) is 0 Å². The van der Waals surface area contributed by atoms with Crippen LogP contribution in [0.3, 0.4) is 0 Å². The van der Waals surface area contributed by atoms with Crippen LogP contribution in [0, 0.1) is 11.8 Å². The Balaban J connectivity index is 1.78. The highest BCUT2D eigenvalue weighted by atomic mass is 16.3. The maximum absolute atomic E-state index is 10.1. The normalized spacial score (nSPS) is 26.7. The minimum atomic E-state index is -0.270. The van der Waals surface area contributed by atoms with Crippen LogP contribution in [0.4, 0.5) is 0 Å². The summed E-state index contributed by atoms with van der Waals surface area (Å²) in [4.78, 5) is 0. The molecule has 1 N–H and O–H groups in total. The second kappa shape index (κ2) is 6.20. The summed E-state index contributed by atoms with van der Waals surface area (Å²) in [6.45, 7) is 2.36. The van der Waals surface area contributed by atoms with E-state index in [1.807, 2.05) is 30.3 Å². The van der Waals surface area contributed by atoms with E-state index in [4.69, 9.17) is 0 Å². The summed E-state index contributed by atoms with van der Waals surface area (Å²) in [5.74, 6) is 1.74. The molecular weight excluding hydrogens is 208 g/mol. The lowest BCUT2D eigenvalue weighted by molar-refractivity contribution is 0.146. The third kappa shape index (κ3) is 3.85. The van der Waals surface area contributed by atoms with Crippen molar-refractivity contribution in [2.24, 2.45) is 11.8 Å². The van der Waals surface area contributed by atoms with Crippen LogP contribution in [-0.4, -0.2) is 5.11 Å². The molecule has 2 rings (SSSR count). The SMILES string of the molecule is CC1CCCC(CCC(O)c2ccccc2)C1. The van der Waals surface area contributed by atoms with Crippen molar-refractivity contribution in [2.75, 3.05) is 0 Å². The summed E-state index contributed by atoms with van der Waals surface area (Å²) in [7, 11) is 0. The van der Waals surface area contributed by atoms with Gasteiger partial charge in [0.2, 0.25) is 0 Å². The van der Waals surface area contributed by atoms with Gasteiger partial charge in [0.15, 0.2) is 0 Å². The van der Waals surface area contributed by atoms with E-state index in [-0.39, 0.29) is 6.10 Å². The fraction of sp³-hybridized carbons (Fsp3) is 0.625. The summed E-state index contributed by atoms with van der Waals surface area (Å²) in [6, 6.07) is 10.0. The van der Waals surface area contributed by atoms with Crippen LogP contribution in [0.5, 0.6) is 0 Å². The predicted octanol–water partition coefficient (Wildman–Crippen LogP) is 4.33. The standard InChI is InChI=1S/C16H24O/c1-13-6-5-7-14(12-13)10-11-16(17)15-8-3-2-4-9-15/h2-4,8-9,13-14,16-17H,5-7,10-12H2,1H3. The van der Waals surface area contributed by atoms with Crippen molar-refractivity contribution >= 4 is 0 Å². The van der Waals surface area contributed by atoms with Crippen molar-refractivity contribution in [1.29, 1.82) is 0 Å². The number of rotatable bonds is 4. The Bertz CT molecular complexity index is 320. The molecule has 0 amide bonds. The van der Waals surface area contributed by atoms with E-state index in [2.05, 4.69) is 6.92 Å². The van der Waals surface area contributed by atoms with Crippen molar-refractivity contribution < 1.29 is 5.11 Å². The summed E-state index contributed by atoms with van der Waals surface area (Å²) in [5, 5.41) is 10.1. The van der Waals surface area contributed by atoms with Gasteiger partial charge in [-0.2, -0.15) is 0 Å². The molecule has 1 heteroatoms. The van der Waals surface area contributed by atoms with E-state index in [0.717, 1.165) is 23.8 Å². The number of hydrogen-bond acceptors (Lipinski definition) is 1. The number of benzene rings is 1. The van der Waals surface area contributed by atoms with Crippen molar-refractivity contribution in [2.45, 2.75) is 51.6 Å². The van der Waals surface area contributed by atoms with Gasteiger partial charge in [-0.05, 0) is 36.7 Å². The second-order valence-electron chi connectivity index (χ2n) is 5.64. The molecule has 0 heterocycles. The first kappa shape index (κ1) is 12.6. The van der Waals surface area contributed by atoms with Gasteiger partial charge < -0.3 is 5.11 Å². The van der Waals surface area contributed by atoms with E-state index in [1.165, 1.54) is 32.1 Å². The third-order valence-electron chi connectivity index (χ3n) is 4.08. The maximum atomic E-state index is 10.1. The molecule has 0 aromatic heterocycles. The lowest BCUT2D eigenvalue weighted by Gasteiger charge is -2.27. The lowest BCUT2D eigenvalue weighted by Crippen LogP contribution is -2.14. The summed E-state index contributed by atoms with van der Waals surface area (Å²) in [6.07, 6.45) is 7.34. The Labute approximate surface area is 105 Å². The Morgan fingerprint density at radius 3 is 2.71 bits per heavy atom. The highest BCUT2D eigenvalue weighted by Gasteiger charge is 2.19.